The van der Waals surface area contributed by atoms with E-state index in [1.54, 1.807) is 6.92 Å². The van der Waals surface area contributed by atoms with Gasteiger partial charge in [-0.3, -0.25) is 4.90 Å². The van der Waals surface area contributed by atoms with Gasteiger partial charge in [0.05, 0.1) is 6.04 Å². The van der Waals surface area contributed by atoms with Crippen molar-refractivity contribution < 1.29 is 13.6 Å². The Morgan fingerprint density at radius 3 is 2.84 bits per heavy atom. The molecule has 1 heterocycles. The Balaban J connectivity index is 2.53. The lowest BCUT2D eigenvalue weighted by Crippen LogP contribution is -2.39. The van der Waals surface area contributed by atoms with Crippen molar-refractivity contribution in [2.45, 2.75) is 19.0 Å². The first-order valence-electron chi connectivity index (χ1n) is 5.53. The number of hydrogen-bond acceptors (Lipinski definition) is 2. The second-order valence-electron chi connectivity index (χ2n) is 4.11. The van der Waals surface area contributed by atoms with E-state index in [-0.39, 0.29) is 11.4 Å². The first-order valence-corrected chi connectivity index (χ1v) is 5.53. The second-order valence-corrected chi connectivity index (χ2v) is 4.11. The number of halogens is 2. The average molecular weight is 263 g/mol. The number of carbonyl (C=O) groups excluding carboxylic acids is 1. The van der Waals surface area contributed by atoms with Gasteiger partial charge in [-0.15, -0.1) is 6.42 Å². The lowest BCUT2D eigenvalue weighted by Gasteiger charge is -2.27. The molecule has 0 fully saturated rings. The van der Waals surface area contributed by atoms with E-state index < -0.39 is 29.7 Å². The lowest BCUT2D eigenvalue weighted by molar-refractivity contribution is 0.197. The van der Waals surface area contributed by atoms with Crippen LogP contribution < -0.4 is 5.73 Å². The summed E-state index contributed by atoms with van der Waals surface area (Å²) < 4.78 is 27.1. The van der Waals surface area contributed by atoms with Crippen LogP contribution in [0.4, 0.5) is 13.6 Å². The Labute approximate surface area is 108 Å². The van der Waals surface area contributed by atoms with E-state index in [1.165, 1.54) is 12.1 Å². The minimum absolute atomic E-state index is 0.0609. The van der Waals surface area contributed by atoms with Gasteiger partial charge in [-0.1, -0.05) is 18.1 Å². The van der Waals surface area contributed by atoms with Gasteiger partial charge < -0.3 is 5.73 Å². The minimum atomic E-state index is -1.06. The molecule has 2 atom stereocenters. The number of terminal acetylenes is 1. The standard InChI is InChI=1S/C13H11F2N3O/c1-3-7(2)18-11(12(16)17-13(18)19)8-5-4-6-9(14)10(8)15/h1,4-7,11H,2H3,(H2,16,17,19). The maximum atomic E-state index is 13.8. The number of carbonyl (C=O) groups is 1. The molecule has 6 heteroatoms. The summed E-state index contributed by atoms with van der Waals surface area (Å²) in [6.07, 6.45) is 5.26. The zero-order chi connectivity index (χ0) is 14.2. The first-order chi connectivity index (χ1) is 8.97. The van der Waals surface area contributed by atoms with Gasteiger partial charge in [0.2, 0.25) is 0 Å². The molecule has 1 aromatic rings. The van der Waals surface area contributed by atoms with E-state index in [0.717, 1.165) is 11.0 Å². The summed E-state index contributed by atoms with van der Waals surface area (Å²) in [5, 5.41) is 0. The molecule has 1 aliphatic rings. The Kier molecular flexibility index (Phi) is 3.21. The topological polar surface area (TPSA) is 58.7 Å². The third-order valence-electron chi connectivity index (χ3n) is 2.94. The smallest absolute Gasteiger partial charge is 0.347 e. The molecular formula is C13H11F2N3O. The Bertz CT molecular complexity index is 606. The number of benzene rings is 1. The molecule has 19 heavy (non-hydrogen) atoms. The Hall–Kier alpha value is -2.42. The fourth-order valence-corrected chi connectivity index (χ4v) is 1.99. The van der Waals surface area contributed by atoms with Crippen LogP contribution in [0.15, 0.2) is 23.2 Å². The van der Waals surface area contributed by atoms with E-state index in [1.807, 2.05) is 0 Å². The van der Waals surface area contributed by atoms with Crippen LogP contribution in [-0.4, -0.2) is 22.8 Å². The number of amidine groups is 1. The van der Waals surface area contributed by atoms with Crippen molar-refractivity contribution in [1.82, 2.24) is 4.90 Å². The van der Waals surface area contributed by atoms with Crippen LogP contribution in [-0.2, 0) is 0 Å². The molecule has 2 rings (SSSR count). The van der Waals surface area contributed by atoms with E-state index in [0.29, 0.717) is 0 Å². The van der Waals surface area contributed by atoms with Gasteiger partial charge in [0, 0.05) is 5.56 Å². The van der Waals surface area contributed by atoms with Gasteiger partial charge in [-0.2, -0.15) is 4.99 Å². The zero-order valence-corrected chi connectivity index (χ0v) is 10.1. The average Bonchev–Trinajstić information content (AvgIpc) is 2.67. The van der Waals surface area contributed by atoms with Crippen molar-refractivity contribution in [2.75, 3.05) is 0 Å². The fourth-order valence-electron chi connectivity index (χ4n) is 1.99. The summed E-state index contributed by atoms with van der Waals surface area (Å²) in [6.45, 7) is 1.58. The number of hydrogen-bond donors (Lipinski definition) is 1. The summed E-state index contributed by atoms with van der Waals surface area (Å²) >= 11 is 0. The molecule has 0 saturated heterocycles. The van der Waals surface area contributed by atoms with Crippen LogP contribution >= 0.6 is 0 Å². The number of rotatable bonds is 2. The van der Waals surface area contributed by atoms with Crippen molar-refractivity contribution in [3.8, 4) is 12.3 Å². The normalized spacial score (nSPS) is 20.1. The molecule has 2 N–H and O–H groups in total. The summed E-state index contributed by atoms with van der Waals surface area (Å²) in [5.41, 5.74) is 5.57. The summed E-state index contributed by atoms with van der Waals surface area (Å²) in [5.74, 6) is 0.175. The third-order valence-corrected chi connectivity index (χ3v) is 2.94. The molecule has 98 valence electrons. The van der Waals surface area contributed by atoms with Crippen molar-refractivity contribution >= 4 is 11.9 Å². The van der Waals surface area contributed by atoms with Crippen LogP contribution in [0.5, 0.6) is 0 Å². The molecule has 0 bridgehead atoms. The number of nitrogens with two attached hydrogens (primary N) is 1. The van der Waals surface area contributed by atoms with Crippen molar-refractivity contribution in [2.24, 2.45) is 10.7 Å². The van der Waals surface area contributed by atoms with Crippen molar-refractivity contribution in [3.05, 3.63) is 35.4 Å². The van der Waals surface area contributed by atoms with Gasteiger partial charge >= 0.3 is 6.03 Å². The molecule has 0 aliphatic carbocycles. The first kappa shape index (κ1) is 13.0. The monoisotopic (exact) mass is 263 g/mol. The Morgan fingerprint density at radius 1 is 1.53 bits per heavy atom. The SMILES string of the molecule is C#CC(C)N1C(=O)N=C(N)C1c1cccc(F)c1F. The molecule has 0 aromatic heterocycles. The second kappa shape index (κ2) is 4.69. The maximum Gasteiger partial charge on any atom is 0.347 e. The predicted molar refractivity (Wildman–Crippen MR) is 66.3 cm³/mol. The van der Waals surface area contributed by atoms with Gasteiger partial charge in [0.15, 0.2) is 11.6 Å². The molecule has 0 saturated carbocycles. The summed E-state index contributed by atoms with van der Waals surface area (Å²) in [6, 6.07) is 1.40. The molecular weight excluding hydrogens is 252 g/mol. The molecule has 1 aromatic carbocycles. The van der Waals surface area contributed by atoms with Crippen molar-refractivity contribution in [3.63, 3.8) is 0 Å². The lowest BCUT2D eigenvalue weighted by atomic mass is 10.0. The molecule has 2 unspecified atom stereocenters. The number of urea groups is 1. The third kappa shape index (κ3) is 2.03. The number of amides is 2. The summed E-state index contributed by atoms with van der Waals surface area (Å²) in [4.78, 5) is 16.4. The van der Waals surface area contributed by atoms with E-state index in [9.17, 15) is 13.6 Å². The summed E-state index contributed by atoms with van der Waals surface area (Å²) in [7, 11) is 0. The van der Waals surface area contributed by atoms with Gasteiger partial charge in [-0.05, 0) is 13.0 Å². The fraction of sp³-hybridized carbons (Fsp3) is 0.231. The van der Waals surface area contributed by atoms with Gasteiger partial charge in [0.25, 0.3) is 0 Å². The highest BCUT2D eigenvalue weighted by Gasteiger charge is 2.39. The van der Waals surface area contributed by atoms with E-state index in [4.69, 9.17) is 12.2 Å². The van der Waals surface area contributed by atoms with Crippen LogP contribution in [0.2, 0.25) is 0 Å². The minimum Gasteiger partial charge on any atom is -0.385 e. The van der Waals surface area contributed by atoms with Crippen LogP contribution in [0.25, 0.3) is 0 Å². The van der Waals surface area contributed by atoms with Crippen LogP contribution in [0.1, 0.15) is 18.5 Å². The highest BCUT2D eigenvalue weighted by Crippen LogP contribution is 2.31. The van der Waals surface area contributed by atoms with E-state index >= 15 is 0 Å². The highest BCUT2D eigenvalue weighted by molar-refractivity contribution is 6.03. The molecule has 2 amide bonds. The highest BCUT2D eigenvalue weighted by atomic mass is 19.2. The van der Waals surface area contributed by atoms with Gasteiger partial charge in [0.1, 0.15) is 11.9 Å². The number of aliphatic imine (C=N–C) groups is 1. The molecule has 0 spiro atoms. The molecule has 1 aliphatic heterocycles. The van der Waals surface area contributed by atoms with Gasteiger partial charge in [-0.25, -0.2) is 13.6 Å². The van der Waals surface area contributed by atoms with E-state index in [2.05, 4.69) is 10.9 Å². The van der Waals surface area contributed by atoms with Crippen LogP contribution in [0, 0.1) is 24.0 Å². The number of nitrogens with zero attached hydrogens (tertiary/aromatic N) is 2. The quantitative estimate of drug-likeness (QED) is 0.827. The molecule has 4 nitrogen and oxygen atoms in total. The van der Waals surface area contributed by atoms with Crippen molar-refractivity contribution in [1.29, 1.82) is 0 Å². The molecule has 0 radical (unpaired) electrons. The largest absolute Gasteiger partial charge is 0.385 e. The maximum absolute atomic E-state index is 13.8. The zero-order valence-electron chi connectivity index (χ0n) is 10.1. The van der Waals surface area contributed by atoms with Crippen LogP contribution in [0.3, 0.4) is 0 Å². The Morgan fingerprint density at radius 2 is 2.21 bits per heavy atom. The predicted octanol–water partition coefficient (Wildman–Crippen LogP) is 1.82.